The van der Waals surface area contributed by atoms with Crippen molar-refractivity contribution in [1.29, 1.82) is 0 Å². The predicted molar refractivity (Wildman–Crippen MR) is 139 cm³/mol. The number of nitrogens with zero attached hydrogens (tertiary/aromatic N) is 2. The Kier molecular flexibility index (Phi) is 7.52. The van der Waals surface area contributed by atoms with E-state index in [2.05, 4.69) is 9.97 Å². The maximum atomic E-state index is 12.9. The number of hydrogen-bond acceptors (Lipinski definition) is 10. The molecular weight excluding hydrogens is 530 g/mol. The first kappa shape index (κ1) is 26.4. The van der Waals surface area contributed by atoms with Crippen molar-refractivity contribution in [2.75, 3.05) is 19.8 Å². The summed E-state index contributed by atoms with van der Waals surface area (Å²) in [5, 5.41) is 18.4. The van der Waals surface area contributed by atoms with Gasteiger partial charge in [-0.15, -0.1) is 11.3 Å². The highest BCUT2D eigenvalue weighted by atomic mass is 32.2. The summed E-state index contributed by atoms with van der Waals surface area (Å²) in [4.78, 5) is 21.8. The zero-order chi connectivity index (χ0) is 26.8. The molecular formula is C26H25N3O7S2. The lowest BCUT2D eigenvalue weighted by Crippen LogP contribution is -2.33. The number of carbonyl (C=O) groups excluding carboxylic acids is 1. The first-order valence-electron chi connectivity index (χ1n) is 11.8. The lowest BCUT2D eigenvalue weighted by molar-refractivity contribution is -0.0681. The normalized spacial score (nSPS) is 15.4. The molecule has 4 aromatic rings. The molecule has 1 fully saturated rings. The molecule has 10 nitrogen and oxygen atoms in total. The summed E-state index contributed by atoms with van der Waals surface area (Å²) in [6.45, 7) is 0.762. The quantitative estimate of drug-likeness (QED) is 0.295. The molecule has 0 atom stereocenters. The van der Waals surface area contributed by atoms with Crippen molar-refractivity contribution < 1.29 is 32.2 Å². The Balaban J connectivity index is 1.31. The van der Waals surface area contributed by atoms with Crippen molar-refractivity contribution in [1.82, 2.24) is 9.97 Å². The van der Waals surface area contributed by atoms with Crippen LogP contribution in [0.4, 0.5) is 0 Å². The van der Waals surface area contributed by atoms with Gasteiger partial charge in [0.25, 0.3) is 5.89 Å². The monoisotopic (exact) mass is 555 g/mol. The molecule has 0 radical (unpaired) electrons. The lowest BCUT2D eigenvalue weighted by Gasteiger charge is -2.29. The molecule has 12 heteroatoms. The summed E-state index contributed by atoms with van der Waals surface area (Å²) in [5.41, 5.74) is 1.32. The van der Waals surface area contributed by atoms with Crippen molar-refractivity contribution in [3.05, 3.63) is 76.6 Å². The Labute approximate surface area is 223 Å². The Hall–Kier alpha value is -3.26. The number of carbonyl (C=O) groups is 1. The van der Waals surface area contributed by atoms with Gasteiger partial charge in [0.1, 0.15) is 22.9 Å². The number of nitrogens with two attached hydrogens (primary N) is 1. The van der Waals surface area contributed by atoms with Crippen molar-refractivity contribution in [2.45, 2.75) is 29.9 Å². The number of aromatic nitrogens is 2. The van der Waals surface area contributed by atoms with E-state index < -0.39 is 21.4 Å². The number of hydrogen-bond donors (Lipinski definition) is 2. The molecule has 0 saturated carbocycles. The van der Waals surface area contributed by atoms with Crippen LogP contribution in [-0.2, 0) is 31.7 Å². The Morgan fingerprint density at radius 1 is 1.05 bits per heavy atom. The molecule has 1 aliphatic rings. The fourth-order valence-corrected chi connectivity index (χ4v) is 5.52. The molecule has 0 spiro atoms. The minimum atomic E-state index is -3.85. The van der Waals surface area contributed by atoms with E-state index in [1.807, 2.05) is 30.3 Å². The van der Waals surface area contributed by atoms with Crippen molar-refractivity contribution in [3.8, 4) is 22.6 Å². The van der Waals surface area contributed by atoms with Gasteiger partial charge in [0.15, 0.2) is 5.76 Å². The third kappa shape index (κ3) is 5.75. The number of ketones is 1. The number of oxazole rings is 1. The van der Waals surface area contributed by atoms with E-state index in [0.29, 0.717) is 53.8 Å². The van der Waals surface area contributed by atoms with Crippen LogP contribution in [0.1, 0.15) is 34.2 Å². The van der Waals surface area contributed by atoms with Crippen molar-refractivity contribution in [3.63, 3.8) is 0 Å². The summed E-state index contributed by atoms with van der Waals surface area (Å²) < 4.78 is 40.0. The minimum Gasteiger partial charge on any atom is -0.433 e. The number of aliphatic hydroxyl groups is 1. The van der Waals surface area contributed by atoms with Crippen LogP contribution in [0.2, 0.25) is 0 Å². The summed E-state index contributed by atoms with van der Waals surface area (Å²) in [6, 6.07) is 15.0. The molecule has 5 rings (SSSR count). The Morgan fingerprint density at radius 2 is 1.76 bits per heavy atom. The largest absolute Gasteiger partial charge is 0.433 e. The van der Waals surface area contributed by atoms with Crippen LogP contribution in [0, 0.1) is 0 Å². The van der Waals surface area contributed by atoms with Gasteiger partial charge < -0.3 is 19.0 Å². The van der Waals surface area contributed by atoms with Gasteiger partial charge >= 0.3 is 0 Å². The third-order valence-corrected chi connectivity index (χ3v) is 8.12. The van der Waals surface area contributed by atoms with Crippen LogP contribution in [0.15, 0.2) is 69.3 Å². The number of ether oxygens (including phenoxy) is 2. The molecule has 38 heavy (non-hydrogen) atoms. The van der Waals surface area contributed by atoms with Gasteiger partial charge in [-0.25, -0.2) is 23.5 Å². The van der Waals surface area contributed by atoms with E-state index >= 15 is 0 Å². The van der Waals surface area contributed by atoms with Crippen LogP contribution in [-0.4, -0.2) is 49.1 Å². The zero-order valence-electron chi connectivity index (χ0n) is 20.2. The minimum absolute atomic E-state index is 0.0409. The van der Waals surface area contributed by atoms with Crippen molar-refractivity contribution in [2.24, 2.45) is 5.14 Å². The van der Waals surface area contributed by atoms with E-state index in [-0.39, 0.29) is 24.0 Å². The van der Waals surface area contributed by atoms with Gasteiger partial charge in [0, 0.05) is 42.6 Å². The molecule has 0 amide bonds. The number of primary sulfonamides is 1. The van der Waals surface area contributed by atoms with E-state index in [1.165, 1.54) is 23.5 Å². The number of benzene rings is 2. The average molecular weight is 556 g/mol. The summed E-state index contributed by atoms with van der Waals surface area (Å²) >= 11 is 1.36. The topological polar surface area (TPSA) is 155 Å². The first-order valence-corrected chi connectivity index (χ1v) is 14.2. The third-order valence-electron chi connectivity index (χ3n) is 6.11. The standard InChI is InChI=1S/C26H25N3O7S2/c27-38(32,33)20-8-6-18(7-9-20)23-22(17-4-2-1-3-5-17)29-24(36-23)21(30)15-35-14-19-16-37-25(28-19)26(31)10-12-34-13-11-26/h1-9,16,31H,10-15H2,(H2,27,32,33). The highest BCUT2D eigenvalue weighted by Gasteiger charge is 2.34. The number of Topliss-reactive ketones (excluding diaryl/α,β-unsaturated/α-hetero) is 1. The van der Waals surface area contributed by atoms with Gasteiger partial charge in [-0.05, 0) is 24.3 Å². The molecule has 3 N–H and O–H groups in total. The second kappa shape index (κ2) is 10.8. The highest BCUT2D eigenvalue weighted by Crippen LogP contribution is 2.35. The molecule has 2 aromatic carbocycles. The lowest BCUT2D eigenvalue weighted by atomic mass is 9.95. The molecule has 2 aromatic heterocycles. The van der Waals surface area contributed by atoms with Gasteiger partial charge in [0.05, 0.1) is 17.2 Å². The number of thiazole rings is 1. The summed E-state index contributed by atoms with van der Waals surface area (Å²) in [6.07, 6.45) is 0.973. The summed E-state index contributed by atoms with van der Waals surface area (Å²) in [5.74, 6) is -0.285. The van der Waals surface area contributed by atoms with E-state index in [0.717, 1.165) is 5.56 Å². The maximum absolute atomic E-state index is 12.9. The Bertz CT molecular complexity index is 1520. The van der Waals surface area contributed by atoms with Crippen LogP contribution < -0.4 is 5.14 Å². The second-order valence-electron chi connectivity index (χ2n) is 8.84. The number of sulfonamides is 1. The molecule has 1 aliphatic heterocycles. The van der Waals surface area contributed by atoms with E-state index in [4.69, 9.17) is 19.0 Å². The highest BCUT2D eigenvalue weighted by molar-refractivity contribution is 7.89. The SMILES string of the molecule is NS(=O)(=O)c1ccc(-c2oc(C(=O)COCc3csc(C4(O)CCOCC4)n3)nc2-c2ccccc2)cc1. The van der Waals surface area contributed by atoms with Gasteiger partial charge in [-0.2, -0.15) is 0 Å². The van der Waals surface area contributed by atoms with Crippen molar-refractivity contribution >= 4 is 27.1 Å². The average Bonchev–Trinajstić information content (AvgIpc) is 3.58. The zero-order valence-corrected chi connectivity index (χ0v) is 21.8. The molecule has 0 unspecified atom stereocenters. The van der Waals surface area contributed by atoms with Gasteiger partial charge in [0.2, 0.25) is 15.8 Å². The van der Waals surface area contributed by atoms with Crippen LogP contribution in [0.3, 0.4) is 0 Å². The van der Waals surface area contributed by atoms with Gasteiger partial charge in [-0.3, -0.25) is 4.79 Å². The first-order chi connectivity index (χ1) is 18.2. The molecule has 3 heterocycles. The summed E-state index contributed by atoms with van der Waals surface area (Å²) in [7, 11) is -3.85. The molecule has 1 saturated heterocycles. The molecule has 198 valence electrons. The molecule has 0 aliphatic carbocycles. The Morgan fingerprint density at radius 3 is 2.45 bits per heavy atom. The van der Waals surface area contributed by atoms with Crippen LogP contribution >= 0.6 is 11.3 Å². The van der Waals surface area contributed by atoms with Crippen LogP contribution in [0.25, 0.3) is 22.6 Å². The predicted octanol–water partition coefficient (Wildman–Crippen LogP) is 3.51. The molecule has 0 bridgehead atoms. The second-order valence-corrected chi connectivity index (χ2v) is 11.3. The maximum Gasteiger partial charge on any atom is 0.266 e. The van der Waals surface area contributed by atoms with E-state index in [1.54, 1.807) is 17.5 Å². The smallest absolute Gasteiger partial charge is 0.266 e. The van der Waals surface area contributed by atoms with Gasteiger partial charge in [-0.1, -0.05) is 30.3 Å². The van der Waals surface area contributed by atoms with E-state index in [9.17, 15) is 18.3 Å². The van der Waals surface area contributed by atoms with Crippen LogP contribution in [0.5, 0.6) is 0 Å². The fraction of sp³-hybridized carbons (Fsp3) is 0.269. The fourth-order valence-electron chi connectivity index (χ4n) is 4.04. The number of rotatable bonds is 9.